The molecule has 2 amide bonds. The van der Waals surface area contributed by atoms with Gasteiger partial charge in [-0.05, 0) is 55.8 Å². The van der Waals surface area contributed by atoms with Crippen molar-refractivity contribution in [2.45, 2.75) is 90.3 Å². The van der Waals surface area contributed by atoms with E-state index in [1.54, 1.807) is 0 Å². The Hall–Kier alpha value is -0.810. The number of likely N-dealkylation sites (tertiary alicyclic amines) is 1. The molecule has 3 rings (SSSR count). The molecule has 3 N–H and O–H groups in total. The predicted molar refractivity (Wildman–Crippen MR) is 106 cm³/mol. The first-order valence-electron chi connectivity index (χ1n) is 10.1. The second kappa shape index (κ2) is 8.47. The van der Waals surface area contributed by atoms with Gasteiger partial charge in [0.05, 0.1) is 0 Å². The van der Waals surface area contributed by atoms with Gasteiger partial charge in [-0.25, -0.2) is 0 Å². The first-order valence-corrected chi connectivity index (χ1v) is 10.1. The summed E-state index contributed by atoms with van der Waals surface area (Å²) in [5, 5.41) is 3.34. The molecule has 26 heavy (non-hydrogen) atoms. The average molecular weight is 386 g/mol. The molecule has 150 valence electrons. The van der Waals surface area contributed by atoms with E-state index in [9.17, 15) is 9.59 Å². The molecule has 6 heteroatoms. The van der Waals surface area contributed by atoms with Gasteiger partial charge in [0, 0.05) is 25.0 Å². The highest BCUT2D eigenvalue weighted by Gasteiger charge is 2.42. The largest absolute Gasteiger partial charge is 0.351 e. The molecule has 2 bridgehead atoms. The van der Waals surface area contributed by atoms with Crippen molar-refractivity contribution < 1.29 is 9.59 Å². The summed E-state index contributed by atoms with van der Waals surface area (Å²) in [6.07, 6.45) is 7.88. The van der Waals surface area contributed by atoms with E-state index in [4.69, 9.17) is 5.73 Å². The van der Waals surface area contributed by atoms with Crippen molar-refractivity contribution in [2.75, 3.05) is 6.54 Å². The standard InChI is InChI=1S/C20H35N3O2.ClH/c1-20(2,3)12-17(24)23-9-5-8-16(23)19(25)22-18-13-6-4-7-14(18)11-15(21)10-13;/h13-16,18H,4-12,21H2,1-3H3,(H,22,25);1H. The van der Waals surface area contributed by atoms with E-state index in [0.717, 1.165) is 32.2 Å². The van der Waals surface area contributed by atoms with Crippen LogP contribution in [-0.2, 0) is 9.59 Å². The van der Waals surface area contributed by atoms with Crippen LogP contribution in [0.4, 0.5) is 0 Å². The van der Waals surface area contributed by atoms with Crippen LogP contribution in [0.15, 0.2) is 0 Å². The third kappa shape index (κ3) is 4.92. The minimum absolute atomic E-state index is 0. The molecule has 1 saturated heterocycles. The van der Waals surface area contributed by atoms with Crippen LogP contribution in [0, 0.1) is 17.3 Å². The lowest BCUT2D eigenvalue weighted by molar-refractivity contribution is -0.140. The van der Waals surface area contributed by atoms with Gasteiger partial charge in [0.2, 0.25) is 11.8 Å². The van der Waals surface area contributed by atoms with E-state index in [1.165, 1.54) is 19.3 Å². The van der Waals surface area contributed by atoms with Gasteiger partial charge in [-0.1, -0.05) is 27.2 Å². The molecule has 3 atom stereocenters. The molecule has 3 aliphatic rings. The van der Waals surface area contributed by atoms with Crippen molar-refractivity contribution in [1.82, 2.24) is 10.2 Å². The fourth-order valence-corrected chi connectivity index (χ4v) is 5.18. The van der Waals surface area contributed by atoms with E-state index >= 15 is 0 Å². The molecule has 0 aromatic heterocycles. The number of nitrogens with two attached hydrogens (primary N) is 1. The smallest absolute Gasteiger partial charge is 0.243 e. The molecule has 1 aliphatic heterocycles. The quantitative estimate of drug-likeness (QED) is 0.784. The molecule has 0 radical (unpaired) electrons. The topological polar surface area (TPSA) is 75.4 Å². The van der Waals surface area contributed by atoms with Crippen molar-refractivity contribution in [2.24, 2.45) is 23.0 Å². The number of carbonyl (C=O) groups excluding carboxylic acids is 2. The first-order chi connectivity index (χ1) is 11.7. The molecular weight excluding hydrogens is 350 g/mol. The Bertz CT molecular complexity index is 506. The van der Waals surface area contributed by atoms with E-state index in [-0.39, 0.29) is 41.7 Å². The van der Waals surface area contributed by atoms with Crippen LogP contribution in [0.5, 0.6) is 0 Å². The Kier molecular flexibility index (Phi) is 7.00. The first kappa shape index (κ1) is 21.5. The molecule has 2 aliphatic carbocycles. The third-order valence-electron chi connectivity index (χ3n) is 6.24. The van der Waals surface area contributed by atoms with Crippen molar-refractivity contribution in [3.63, 3.8) is 0 Å². The number of nitrogens with zero attached hydrogens (tertiary/aromatic N) is 1. The van der Waals surface area contributed by atoms with E-state index in [2.05, 4.69) is 26.1 Å². The third-order valence-corrected chi connectivity index (χ3v) is 6.24. The Balaban J connectivity index is 0.00000243. The minimum Gasteiger partial charge on any atom is -0.351 e. The van der Waals surface area contributed by atoms with Crippen LogP contribution in [0.25, 0.3) is 0 Å². The van der Waals surface area contributed by atoms with Crippen LogP contribution in [0.3, 0.4) is 0 Å². The van der Waals surface area contributed by atoms with Gasteiger partial charge in [-0.2, -0.15) is 0 Å². The van der Waals surface area contributed by atoms with E-state index in [0.29, 0.717) is 24.3 Å². The van der Waals surface area contributed by atoms with Gasteiger partial charge in [0.25, 0.3) is 0 Å². The lowest BCUT2D eigenvalue weighted by atomic mass is 9.67. The highest BCUT2D eigenvalue weighted by atomic mass is 35.5. The zero-order chi connectivity index (χ0) is 18.2. The molecule has 1 heterocycles. The van der Waals surface area contributed by atoms with Crippen LogP contribution in [0.2, 0.25) is 0 Å². The SMILES string of the molecule is CC(C)(C)CC(=O)N1CCCC1C(=O)NC1C2CCCC1CC(N)C2.Cl. The number of rotatable bonds is 3. The summed E-state index contributed by atoms with van der Waals surface area (Å²) in [5.41, 5.74) is 6.15. The summed E-state index contributed by atoms with van der Waals surface area (Å²) in [5.74, 6) is 1.23. The second-order valence-electron chi connectivity index (χ2n) is 9.70. The zero-order valence-electron chi connectivity index (χ0n) is 16.5. The maximum atomic E-state index is 13.0. The van der Waals surface area contributed by atoms with Crippen molar-refractivity contribution >= 4 is 24.2 Å². The Labute approximate surface area is 164 Å². The monoisotopic (exact) mass is 385 g/mol. The number of hydrogen-bond acceptors (Lipinski definition) is 3. The molecule has 3 unspecified atom stereocenters. The Morgan fingerprint density at radius 2 is 1.69 bits per heavy atom. The van der Waals surface area contributed by atoms with Crippen molar-refractivity contribution in [3.8, 4) is 0 Å². The highest BCUT2D eigenvalue weighted by Crippen LogP contribution is 2.40. The zero-order valence-corrected chi connectivity index (χ0v) is 17.3. The molecule has 3 fully saturated rings. The summed E-state index contributed by atoms with van der Waals surface area (Å²) >= 11 is 0. The number of hydrogen-bond donors (Lipinski definition) is 2. The van der Waals surface area contributed by atoms with Gasteiger partial charge in [0.15, 0.2) is 0 Å². The fraction of sp³-hybridized carbons (Fsp3) is 0.900. The summed E-state index contributed by atoms with van der Waals surface area (Å²) in [4.78, 5) is 27.4. The van der Waals surface area contributed by atoms with Crippen LogP contribution >= 0.6 is 12.4 Å². The normalized spacial score (nSPS) is 34.2. The molecule has 0 aromatic carbocycles. The molecule has 2 saturated carbocycles. The molecular formula is C20H36ClN3O2. The van der Waals surface area contributed by atoms with Crippen LogP contribution in [-0.4, -0.2) is 41.4 Å². The number of halogens is 1. The van der Waals surface area contributed by atoms with Gasteiger partial charge in [-0.15, -0.1) is 12.4 Å². The van der Waals surface area contributed by atoms with Crippen molar-refractivity contribution in [1.29, 1.82) is 0 Å². The summed E-state index contributed by atoms with van der Waals surface area (Å²) < 4.78 is 0. The summed E-state index contributed by atoms with van der Waals surface area (Å²) in [7, 11) is 0. The molecule has 0 spiro atoms. The summed E-state index contributed by atoms with van der Waals surface area (Å²) in [6.45, 7) is 6.93. The van der Waals surface area contributed by atoms with Gasteiger partial charge >= 0.3 is 0 Å². The lowest BCUT2D eigenvalue weighted by Gasteiger charge is -2.45. The molecule has 0 aromatic rings. The number of amides is 2. The Morgan fingerprint density at radius 3 is 2.27 bits per heavy atom. The minimum atomic E-state index is -0.272. The highest BCUT2D eigenvalue weighted by molar-refractivity contribution is 5.88. The van der Waals surface area contributed by atoms with Crippen LogP contribution in [0.1, 0.15) is 72.1 Å². The number of carbonyl (C=O) groups is 2. The van der Waals surface area contributed by atoms with Gasteiger partial charge < -0.3 is 16.0 Å². The second-order valence-corrected chi connectivity index (χ2v) is 9.70. The molecule has 5 nitrogen and oxygen atoms in total. The predicted octanol–water partition coefficient (Wildman–Crippen LogP) is 2.86. The van der Waals surface area contributed by atoms with Crippen molar-refractivity contribution in [3.05, 3.63) is 0 Å². The van der Waals surface area contributed by atoms with E-state index in [1.807, 2.05) is 4.90 Å². The number of fused-ring (bicyclic) bond motifs is 2. The Morgan fingerprint density at radius 1 is 1.08 bits per heavy atom. The average Bonchev–Trinajstić information content (AvgIpc) is 2.96. The van der Waals surface area contributed by atoms with Gasteiger partial charge in [0.1, 0.15) is 6.04 Å². The summed E-state index contributed by atoms with van der Waals surface area (Å²) in [6, 6.07) is 0.284. The maximum absolute atomic E-state index is 13.0. The van der Waals surface area contributed by atoms with E-state index < -0.39 is 0 Å². The van der Waals surface area contributed by atoms with Crippen LogP contribution < -0.4 is 11.1 Å². The maximum Gasteiger partial charge on any atom is 0.243 e. The lowest BCUT2D eigenvalue weighted by Crippen LogP contribution is -2.57. The van der Waals surface area contributed by atoms with Gasteiger partial charge in [-0.3, -0.25) is 9.59 Å². The number of nitrogens with one attached hydrogen (secondary N) is 1. The fourth-order valence-electron chi connectivity index (χ4n) is 5.18.